The molecule has 8 heteroatoms. The molecule has 1 aliphatic heterocycles. The zero-order valence-corrected chi connectivity index (χ0v) is 17.6. The van der Waals surface area contributed by atoms with E-state index in [4.69, 9.17) is 9.47 Å². The molecule has 0 spiro atoms. The van der Waals surface area contributed by atoms with Gasteiger partial charge in [0.25, 0.3) is 0 Å². The second kappa shape index (κ2) is 9.34. The Morgan fingerprint density at radius 3 is 2.48 bits per heavy atom. The van der Waals surface area contributed by atoms with Gasteiger partial charge in [0.1, 0.15) is 5.82 Å². The predicted molar refractivity (Wildman–Crippen MR) is 117 cm³/mol. The SMILES string of the molecule is C=CN(C)c1cc(OC)c(OC)cc1NC(=O)N1C=CC(=O)CC1c1ccc(F)cc1. The molecule has 0 bridgehead atoms. The Kier molecular flexibility index (Phi) is 6.59. The smallest absolute Gasteiger partial charge is 0.326 e. The number of hydrogen-bond donors (Lipinski definition) is 1. The van der Waals surface area contributed by atoms with E-state index in [2.05, 4.69) is 11.9 Å². The molecule has 1 atom stereocenters. The number of methoxy groups -OCH3 is 2. The first-order chi connectivity index (χ1) is 14.9. The van der Waals surface area contributed by atoms with Crippen LogP contribution >= 0.6 is 0 Å². The zero-order valence-electron chi connectivity index (χ0n) is 17.6. The van der Waals surface area contributed by atoms with E-state index >= 15 is 0 Å². The molecule has 7 nitrogen and oxygen atoms in total. The average Bonchev–Trinajstić information content (AvgIpc) is 2.78. The average molecular weight is 425 g/mol. The van der Waals surface area contributed by atoms with Crippen molar-refractivity contribution in [2.24, 2.45) is 0 Å². The van der Waals surface area contributed by atoms with Crippen LogP contribution in [-0.2, 0) is 4.79 Å². The second-order valence-corrected chi connectivity index (χ2v) is 6.91. The molecule has 0 saturated heterocycles. The molecule has 0 radical (unpaired) electrons. The summed E-state index contributed by atoms with van der Waals surface area (Å²) in [7, 11) is 4.81. The van der Waals surface area contributed by atoms with Crippen molar-refractivity contribution in [3.63, 3.8) is 0 Å². The molecule has 0 aliphatic carbocycles. The van der Waals surface area contributed by atoms with Gasteiger partial charge in [0.2, 0.25) is 0 Å². The van der Waals surface area contributed by atoms with Crippen molar-refractivity contribution in [1.82, 2.24) is 4.90 Å². The summed E-state index contributed by atoms with van der Waals surface area (Å²) in [6, 6.07) is 8.11. The zero-order chi connectivity index (χ0) is 22.5. The number of nitrogens with zero attached hydrogens (tertiary/aromatic N) is 2. The molecule has 31 heavy (non-hydrogen) atoms. The highest BCUT2D eigenvalue weighted by molar-refractivity contribution is 5.98. The fourth-order valence-electron chi connectivity index (χ4n) is 3.34. The number of ketones is 1. The minimum Gasteiger partial charge on any atom is -0.493 e. The number of carbonyl (C=O) groups excluding carboxylic acids is 2. The Bertz CT molecular complexity index is 1020. The van der Waals surface area contributed by atoms with E-state index in [1.165, 1.54) is 43.5 Å². The first-order valence-electron chi connectivity index (χ1n) is 9.55. The summed E-state index contributed by atoms with van der Waals surface area (Å²) >= 11 is 0. The van der Waals surface area contributed by atoms with Crippen LogP contribution in [0.2, 0.25) is 0 Å². The number of ether oxygens (including phenoxy) is 2. The van der Waals surface area contributed by atoms with Gasteiger partial charge < -0.3 is 19.7 Å². The van der Waals surface area contributed by atoms with Crippen LogP contribution in [0.15, 0.2) is 61.5 Å². The molecule has 0 aromatic heterocycles. The normalized spacial score (nSPS) is 15.4. The maximum absolute atomic E-state index is 13.4. The van der Waals surface area contributed by atoms with Crippen molar-refractivity contribution < 1.29 is 23.5 Å². The number of amides is 2. The van der Waals surface area contributed by atoms with Crippen molar-refractivity contribution in [3.05, 3.63) is 72.8 Å². The van der Waals surface area contributed by atoms with Gasteiger partial charge in [0.05, 0.1) is 31.6 Å². The molecule has 0 saturated carbocycles. The quantitative estimate of drug-likeness (QED) is 0.739. The fourth-order valence-corrected chi connectivity index (χ4v) is 3.34. The Morgan fingerprint density at radius 1 is 1.23 bits per heavy atom. The van der Waals surface area contributed by atoms with E-state index in [-0.39, 0.29) is 18.0 Å². The van der Waals surface area contributed by atoms with E-state index in [1.807, 2.05) is 0 Å². The molecule has 1 unspecified atom stereocenters. The Morgan fingerprint density at radius 2 is 1.87 bits per heavy atom. The van der Waals surface area contributed by atoms with E-state index in [9.17, 15) is 14.0 Å². The molecule has 1 N–H and O–H groups in total. The summed E-state index contributed by atoms with van der Waals surface area (Å²) in [5.74, 6) is 0.437. The number of anilines is 2. The van der Waals surface area contributed by atoms with Crippen molar-refractivity contribution >= 4 is 23.2 Å². The summed E-state index contributed by atoms with van der Waals surface area (Å²) in [6.45, 7) is 3.76. The molecule has 1 heterocycles. The predicted octanol–water partition coefficient (Wildman–Crippen LogP) is 4.48. The van der Waals surface area contributed by atoms with E-state index < -0.39 is 12.1 Å². The first kappa shape index (κ1) is 21.9. The van der Waals surface area contributed by atoms with Crippen LogP contribution in [0.3, 0.4) is 0 Å². The van der Waals surface area contributed by atoms with Gasteiger partial charge in [-0.25, -0.2) is 9.18 Å². The first-order valence-corrected chi connectivity index (χ1v) is 9.55. The summed E-state index contributed by atoms with van der Waals surface area (Å²) < 4.78 is 24.1. The third-order valence-electron chi connectivity index (χ3n) is 5.04. The van der Waals surface area contributed by atoms with Crippen LogP contribution in [0, 0.1) is 5.82 Å². The van der Waals surface area contributed by atoms with Crippen molar-refractivity contribution in [2.75, 3.05) is 31.5 Å². The van der Waals surface area contributed by atoms with Crippen molar-refractivity contribution in [1.29, 1.82) is 0 Å². The lowest BCUT2D eigenvalue weighted by Gasteiger charge is -2.32. The number of urea groups is 1. The maximum atomic E-state index is 13.4. The number of benzene rings is 2. The number of hydrogen-bond acceptors (Lipinski definition) is 5. The molecule has 2 aromatic carbocycles. The molecule has 162 valence electrons. The lowest BCUT2D eigenvalue weighted by molar-refractivity contribution is -0.116. The van der Waals surface area contributed by atoms with Crippen LogP contribution in [-0.4, -0.2) is 38.0 Å². The molecule has 2 amide bonds. The van der Waals surface area contributed by atoms with Gasteiger partial charge in [-0.3, -0.25) is 9.69 Å². The molecule has 1 aliphatic rings. The van der Waals surface area contributed by atoms with Crippen LogP contribution < -0.4 is 19.7 Å². The Balaban J connectivity index is 1.96. The highest BCUT2D eigenvalue weighted by atomic mass is 19.1. The van der Waals surface area contributed by atoms with Gasteiger partial charge in [0.15, 0.2) is 17.3 Å². The lowest BCUT2D eigenvalue weighted by Crippen LogP contribution is -2.37. The largest absolute Gasteiger partial charge is 0.493 e. The lowest BCUT2D eigenvalue weighted by atomic mass is 9.97. The van der Waals surface area contributed by atoms with E-state index in [0.29, 0.717) is 28.4 Å². The van der Waals surface area contributed by atoms with Crippen molar-refractivity contribution in [2.45, 2.75) is 12.5 Å². The fraction of sp³-hybridized carbons (Fsp3) is 0.217. The minimum atomic E-state index is -0.557. The molecule has 3 rings (SSSR count). The van der Waals surface area contributed by atoms with E-state index in [0.717, 1.165) is 0 Å². The number of rotatable bonds is 6. The highest BCUT2D eigenvalue weighted by Crippen LogP contribution is 2.39. The van der Waals surface area contributed by atoms with E-state index in [1.54, 1.807) is 42.4 Å². The second-order valence-electron chi connectivity index (χ2n) is 6.91. The Hall–Kier alpha value is -3.81. The summed E-state index contributed by atoms with van der Waals surface area (Å²) in [5, 5.41) is 2.87. The van der Waals surface area contributed by atoms with Gasteiger partial charge in [-0.15, -0.1) is 0 Å². The van der Waals surface area contributed by atoms with Crippen LogP contribution in [0.1, 0.15) is 18.0 Å². The maximum Gasteiger partial charge on any atom is 0.326 e. The monoisotopic (exact) mass is 425 g/mol. The summed E-state index contributed by atoms with van der Waals surface area (Å²) in [4.78, 5) is 28.4. The highest BCUT2D eigenvalue weighted by Gasteiger charge is 2.29. The van der Waals surface area contributed by atoms with Gasteiger partial charge in [-0.1, -0.05) is 18.7 Å². The minimum absolute atomic E-state index is 0.0981. The topological polar surface area (TPSA) is 71.1 Å². The number of nitrogens with one attached hydrogen (secondary N) is 1. The number of carbonyl (C=O) groups is 2. The van der Waals surface area contributed by atoms with Crippen LogP contribution in [0.5, 0.6) is 11.5 Å². The number of halogens is 1. The molecule has 0 fully saturated rings. The summed E-state index contributed by atoms with van der Waals surface area (Å²) in [5.41, 5.74) is 1.76. The van der Waals surface area contributed by atoms with Gasteiger partial charge in [-0.05, 0) is 30.0 Å². The summed E-state index contributed by atoms with van der Waals surface area (Å²) in [6.07, 6.45) is 4.48. The Labute approximate surface area is 180 Å². The molecule has 2 aromatic rings. The molecular formula is C23H24FN3O4. The van der Waals surface area contributed by atoms with Crippen LogP contribution in [0.4, 0.5) is 20.6 Å². The standard InChI is InChI=1S/C23H24FN3O4/c1-5-26(2)20-14-22(31-4)21(30-3)13-18(20)25-23(29)27-11-10-17(28)12-19(27)15-6-8-16(24)9-7-15/h5-11,13-14,19H,1,12H2,2-4H3,(H,25,29). The van der Waals surface area contributed by atoms with Gasteiger partial charge in [0, 0.05) is 31.8 Å². The van der Waals surface area contributed by atoms with Gasteiger partial charge in [-0.2, -0.15) is 0 Å². The third-order valence-corrected chi connectivity index (χ3v) is 5.04. The number of allylic oxidation sites excluding steroid dienone is 1. The molecular weight excluding hydrogens is 401 g/mol. The van der Waals surface area contributed by atoms with Gasteiger partial charge >= 0.3 is 6.03 Å². The third kappa shape index (κ3) is 4.69. The van der Waals surface area contributed by atoms with Crippen molar-refractivity contribution in [3.8, 4) is 11.5 Å². The van der Waals surface area contributed by atoms with Crippen LogP contribution in [0.25, 0.3) is 0 Å².